The lowest BCUT2D eigenvalue weighted by molar-refractivity contribution is 0.886. The second kappa shape index (κ2) is 8.35. The Bertz CT molecular complexity index is 1470. The highest BCUT2D eigenvalue weighted by Gasteiger charge is 2.19. The highest BCUT2D eigenvalue weighted by molar-refractivity contribution is 8.00. The first kappa shape index (κ1) is 19.4. The molecule has 0 aliphatic heterocycles. The summed E-state index contributed by atoms with van der Waals surface area (Å²) in [7, 11) is 0. The van der Waals surface area contributed by atoms with Gasteiger partial charge in [0.1, 0.15) is 0 Å². The van der Waals surface area contributed by atoms with E-state index in [4.69, 9.17) is 4.98 Å². The van der Waals surface area contributed by atoms with Crippen LogP contribution < -0.4 is 0 Å². The summed E-state index contributed by atoms with van der Waals surface area (Å²) in [6.45, 7) is 0. The Labute approximate surface area is 197 Å². The Kier molecular flexibility index (Phi) is 5.07. The Morgan fingerprint density at radius 3 is 2.34 bits per heavy atom. The molecule has 0 aliphatic rings. The van der Waals surface area contributed by atoms with Gasteiger partial charge >= 0.3 is 0 Å². The largest absolute Gasteiger partial charge is 0.269 e. The van der Waals surface area contributed by atoms with Gasteiger partial charge in [-0.25, -0.2) is 4.98 Å². The molecule has 0 unspecified atom stereocenters. The van der Waals surface area contributed by atoms with Gasteiger partial charge in [-0.05, 0) is 41.4 Å². The van der Waals surface area contributed by atoms with Gasteiger partial charge in [0.05, 0.1) is 10.6 Å². The van der Waals surface area contributed by atoms with Crippen LogP contribution in [0.1, 0.15) is 0 Å². The maximum atomic E-state index is 4.83. The quantitative estimate of drug-likeness (QED) is 0.264. The summed E-state index contributed by atoms with van der Waals surface area (Å²) in [4.78, 5) is 5.93. The lowest BCUT2D eigenvalue weighted by Gasteiger charge is -2.08. The van der Waals surface area contributed by atoms with Crippen LogP contribution >= 0.6 is 34.4 Å². The molecule has 0 N–H and O–H groups in total. The third-order valence-electron chi connectivity index (χ3n) is 5.02. The molecule has 0 atom stereocenters. The molecule has 0 saturated carbocycles. The second-order valence-electron chi connectivity index (χ2n) is 7.09. The minimum absolute atomic E-state index is 0.803. The van der Waals surface area contributed by atoms with E-state index in [9.17, 15) is 0 Å². The summed E-state index contributed by atoms with van der Waals surface area (Å²) >= 11 is 4.91. The van der Waals surface area contributed by atoms with Crippen LogP contribution in [-0.2, 0) is 0 Å². The summed E-state index contributed by atoms with van der Waals surface area (Å²) in [6.07, 6.45) is 0. The summed E-state index contributed by atoms with van der Waals surface area (Å²) < 4.78 is 4.31. The molecule has 6 aromatic rings. The van der Waals surface area contributed by atoms with Gasteiger partial charge in [0.15, 0.2) is 10.2 Å². The molecule has 3 aromatic carbocycles. The normalized spacial score (nSPS) is 11.2. The molecule has 0 spiro atoms. The van der Waals surface area contributed by atoms with E-state index in [1.165, 1.54) is 10.1 Å². The fourth-order valence-electron chi connectivity index (χ4n) is 3.52. The summed E-state index contributed by atoms with van der Waals surface area (Å²) in [5.74, 6) is 0.847. The van der Waals surface area contributed by atoms with Gasteiger partial charge in [-0.1, -0.05) is 66.7 Å². The molecule has 3 heterocycles. The van der Waals surface area contributed by atoms with Crippen molar-refractivity contribution < 1.29 is 0 Å². The lowest BCUT2D eigenvalue weighted by Crippen LogP contribution is -1.98. The summed E-state index contributed by atoms with van der Waals surface area (Å²) in [5.41, 5.74) is 3.13. The van der Waals surface area contributed by atoms with E-state index in [-0.39, 0.29) is 0 Å². The van der Waals surface area contributed by atoms with E-state index in [0.29, 0.717) is 0 Å². The Morgan fingerprint density at radius 1 is 0.781 bits per heavy atom. The predicted molar refractivity (Wildman–Crippen MR) is 134 cm³/mol. The molecular weight excluding hydrogens is 453 g/mol. The average Bonchev–Trinajstić information content (AvgIpc) is 3.58. The minimum atomic E-state index is 0.803. The first-order valence-corrected chi connectivity index (χ1v) is 12.5. The molecule has 7 heteroatoms. The van der Waals surface area contributed by atoms with E-state index in [0.717, 1.165) is 37.1 Å². The van der Waals surface area contributed by atoms with E-state index < -0.39 is 0 Å². The number of thiophene rings is 1. The first-order valence-electron chi connectivity index (χ1n) is 10.0. The fourth-order valence-corrected chi connectivity index (χ4v) is 6.34. The third kappa shape index (κ3) is 3.64. The number of thiazole rings is 1. The Balaban J connectivity index is 1.42. The molecule has 0 amide bonds. The lowest BCUT2D eigenvalue weighted by atomic mass is 10.2. The summed E-state index contributed by atoms with van der Waals surface area (Å²) in [6, 6.07) is 31.1. The van der Waals surface area contributed by atoms with E-state index in [1.807, 2.05) is 36.4 Å². The van der Waals surface area contributed by atoms with Crippen molar-refractivity contribution in [2.45, 2.75) is 9.50 Å². The Morgan fingerprint density at radius 2 is 1.53 bits per heavy atom. The maximum absolute atomic E-state index is 4.83. The minimum Gasteiger partial charge on any atom is -0.269 e. The number of nitrogens with zero attached hydrogens (tertiary/aromatic N) is 4. The first-order chi connectivity index (χ1) is 15.8. The molecule has 0 aliphatic carbocycles. The number of para-hydroxylation sites is 1. The van der Waals surface area contributed by atoms with Crippen LogP contribution in [0.25, 0.3) is 37.7 Å². The van der Waals surface area contributed by atoms with Crippen LogP contribution in [-0.4, -0.2) is 19.7 Å². The van der Waals surface area contributed by atoms with Crippen molar-refractivity contribution in [2.24, 2.45) is 0 Å². The highest BCUT2D eigenvalue weighted by Crippen LogP contribution is 2.38. The van der Waals surface area contributed by atoms with Crippen LogP contribution in [0.4, 0.5) is 0 Å². The van der Waals surface area contributed by atoms with Gasteiger partial charge in [0.25, 0.3) is 0 Å². The van der Waals surface area contributed by atoms with Crippen LogP contribution in [0.5, 0.6) is 0 Å². The van der Waals surface area contributed by atoms with Crippen molar-refractivity contribution in [3.63, 3.8) is 0 Å². The van der Waals surface area contributed by atoms with Crippen LogP contribution in [0.2, 0.25) is 0 Å². The van der Waals surface area contributed by atoms with Crippen molar-refractivity contribution in [3.8, 4) is 27.6 Å². The maximum Gasteiger partial charge on any atom is 0.203 e. The van der Waals surface area contributed by atoms with Crippen molar-refractivity contribution in [1.82, 2.24) is 19.7 Å². The zero-order chi connectivity index (χ0) is 21.3. The summed E-state index contributed by atoms with van der Waals surface area (Å²) in [5, 5.41) is 13.3. The molecule has 154 valence electrons. The van der Waals surface area contributed by atoms with E-state index in [2.05, 4.69) is 74.7 Å². The van der Waals surface area contributed by atoms with E-state index in [1.54, 1.807) is 34.4 Å². The molecule has 32 heavy (non-hydrogen) atoms. The molecule has 6 rings (SSSR count). The molecule has 0 fully saturated rings. The van der Waals surface area contributed by atoms with E-state index >= 15 is 0 Å². The van der Waals surface area contributed by atoms with Crippen LogP contribution in [0.15, 0.2) is 106 Å². The van der Waals surface area contributed by atoms with Gasteiger partial charge in [0, 0.05) is 21.3 Å². The fraction of sp³-hybridized carbons (Fsp3) is 0. The monoisotopic (exact) mass is 468 g/mol. The zero-order valence-corrected chi connectivity index (χ0v) is 19.2. The van der Waals surface area contributed by atoms with Crippen molar-refractivity contribution in [2.75, 3.05) is 0 Å². The van der Waals surface area contributed by atoms with Gasteiger partial charge in [-0.3, -0.25) is 4.57 Å². The van der Waals surface area contributed by atoms with Crippen LogP contribution in [0, 0.1) is 0 Å². The Hall–Kier alpha value is -3.26. The molecule has 3 aromatic heterocycles. The smallest absolute Gasteiger partial charge is 0.203 e. The molecule has 4 nitrogen and oxygen atoms in total. The number of benzene rings is 3. The number of fused-ring (bicyclic) bond motifs is 1. The van der Waals surface area contributed by atoms with Gasteiger partial charge in [0.2, 0.25) is 5.16 Å². The molecular formula is C25H16N4S3. The zero-order valence-electron chi connectivity index (χ0n) is 16.8. The van der Waals surface area contributed by atoms with Crippen molar-refractivity contribution >= 4 is 44.5 Å². The molecule has 0 bridgehead atoms. The number of rotatable bonds is 5. The average molecular weight is 469 g/mol. The number of hydrogen-bond donors (Lipinski definition) is 0. The van der Waals surface area contributed by atoms with Gasteiger partial charge in [-0.15, -0.1) is 32.9 Å². The van der Waals surface area contributed by atoms with Crippen molar-refractivity contribution in [1.29, 1.82) is 0 Å². The topological polar surface area (TPSA) is 43.6 Å². The van der Waals surface area contributed by atoms with Crippen molar-refractivity contribution in [3.05, 3.63) is 96.4 Å². The standard InChI is InChI=1S/C25H16N4S3/c1-3-9-17(10-4-1)20-16-30-25(26-20)32-24-28-27-23(29(24)19-12-5-2-6-13-19)22-15-18-11-7-8-14-21(18)31-22/h1-16H. The highest BCUT2D eigenvalue weighted by atomic mass is 32.2. The number of aromatic nitrogens is 4. The third-order valence-corrected chi connectivity index (χ3v) is 8.02. The number of hydrogen-bond acceptors (Lipinski definition) is 6. The van der Waals surface area contributed by atoms with Gasteiger partial charge < -0.3 is 0 Å². The van der Waals surface area contributed by atoms with Crippen LogP contribution in [0.3, 0.4) is 0 Å². The molecule has 0 saturated heterocycles. The second-order valence-corrected chi connectivity index (χ2v) is 10.2. The molecule has 0 radical (unpaired) electrons. The van der Waals surface area contributed by atoms with Gasteiger partial charge in [-0.2, -0.15) is 0 Å². The predicted octanol–water partition coefficient (Wildman–Crippen LogP) is 7.42. The SMILES string of the molecule is c1ccc(-c2csc(Sc3nnc(-c4cc5ccccc5s4)n3-c3ccccc3)n2)cc1.